The van der Waals surface area contributed by atoms with E-state index in [9.17, 15) is 4.79 Å². The fraction of sp³-hybridized carbons (Fsp3) is 0.111. The summed E-state index contributed by atoms with van der Waals surface area (Å²) in [5, 5.41) is 1.12. The quantitative estimate of drug-likeness (QED) is 0.249. The first-order valence-electron chi connectivity index (χ1n) is 10.6. The van der Waals surface area contributed by atoms with Gasteiger partial charge in [-0.25, -0.2) is 0 Å². The van der Waals surface area contributed by atoms with Crippen LogP contribution in [0.15, 0.2) is 83.8 Å². The average molecular weight is 471 g/mol. The van der Waals surface area contributed by atoms with Crippen LogP contribution >= 0.6 is 24.0 Å². The molecule has 1 fully saturated rings. The SMILES string of the molecule is COc1ccccc1N1C(=O)/C(=C/c2c(C)n(Cc3ccccc3)c3ccccc23)SC1=S. The number of hydrogen-bond acceptors (Lipinski definition) is 4. The summed E-state index contributed by atoms with van der Waals surface area (Å²) in [6.07, 6.45) is 1.98. The molecule has 0 bridgehead atoms. The molecule has 0 spiro atoms. The van der Waals surface area contributed by atoms with Gasteiger partial charge < -0.3 is 9.30 Å². The van der Waals surface area contributed by atoms with Crippen molar-refractivity contribution in [2.24, 2.45) is 0 Å². The largest absolute Gasteiger partial charge is 0.495 e. The molecular weight excluding hydrogens is 448 g/mol. The predicted molar refractivity (Wildman–Crippen MR) is 141 cm³/mol. The van der Waals surface area contributed by atoms with Crippen molar-refractivity contribution in [3.05, 3.63) is 101 Å². The Labute approximate surface area is 202 Å². The molecule has 0 atom stereocenters. The topological polar surface area (TPSA) is 34.5 Å². The number of fused-ring (bicyclic) bond motifs is 1. The Morgan fingerprint density at radius 2 is 1.67 bits per heavy atom. The third kappa shape index (κ3) is 3.86. The third-order valence-electron chi connectivity index (χ3n) is 5.86. The van der Waals surface area contributed by atoms with E-state index in [0.29, 0.717) is 20.7 Å². The molecule has 3 aromatic carbocycles. The van der Waals surface area contributed by atoms with E-state index in [2.05, 4.69) is 47.9 Å². The van der Waals surface area contributed by atoms with Gasteiger partial charge in [0.2, 0.25) is 0 Å². The Hall–Kier alpha value is -3.35. The lowest BCUT2D eigenvalue weighted by Crippen LogP contribution is -2.27. The van der Waals surface area contributed by atoms with Crippen LogP contribution in [0.2, 0.25) is 0 Å². The second kappa shape index (κ2) is 8.89. The minimum Gasteiger partial charge on any atom is -0.495 e. The Morgan fingerprint density at radius 1 is 0.970 bits per heavy atom. The van der Waals surface area contributed by atoms with Gasteiger partial charge in [0.05, 0.1) is 17.7 Å². The molecule has 164 valence electrons. The number of nitrogens with zero attached hydrogens (tertiary/aromatic N) is 2. The highest BCUT2D eigenvalue weighted by atomic mass is 32.2. The second-order valence-electron chi connectivity index (χ2n) is 7.78. The fourth-order valence-corrected chi connectivity index (χ4v) is 5.50. The number of thiocarbonyl (C=S) groups is 1. The van der Waals surface area contributed by atoms with E-state index >= 15 is 0 Å². The Bertz CT molecular complexity index is 1410. The van der Waals surface area contributed by atoms with Gasteiger partial charge in [-0.1, -0.05) is 84.6 Å². The molecule has 0 N–H and O–H groups in total. The van der Waals surface area contributed by atoms with Gasteiger partial charge in [-0.15, -0.1) is 0 Å². The van der Waals surface area contributed by atoms with Gasteiger partial charge in [0.1, 0.15) is 5.75 Å². The first kappa shape index (κ1) is 21.5. The van der Waals surface area contributed by atoms with Gasteiger partial charge in [0.15, 0.2) is 4.32 Å². The summed E-state index contributed by atoms with van der Waals surface area (Å²) in [5.74, 6) is 0.486. The van der Waals surface area contributed by atoms with Crippen LogP contribution in [-0.4, -0.2) is 21.9 Å². The molecular formula is C27H22N2O2S2. The molecule has 4 nitrogen and oxygen atoms in total. The monoisotopic (exact) mass is 470 g/mol. The van der Waals surface area contributed by atoms with E-state index in [1.54, 1.807) is 12.0 Å². The fourth-order valence-electron chi connectivity index (χ4n) is 4.23. The van der Waals surface area contributed by atoms with Gasteiger partial charge in [-0.2, -0.15) is 0 Å². The Morgan fingerprint density at radius 3 is 2.45 bits per heavy atom. The van der Waals surface area contributed by atoms with E-state index < -0.39 is 0 Å². The number of para-hydroxylation sites is 3. The molecule has 1 saturated heterocycles. The smallest absolute Gasteiger partial charge is 0.270 e. The minimum atomic E-state index is -0.131. The number of hydrogen-bond donors (Lipinski definition) is 0. The summed E-state index contributed by atoms with van der Waals surface area (Å²) >= 11 is 6.91. The summed E-state index contributed by atoms with van der Waals surface area (Å²) in [6, 6.07) is 26.2. The first-order chi connectivity index (χ1) is 16.1. The number of carbonyl (C=O) groups is 1. The lowest BCUT2D eigenvalue weighted by molar-refractivity contribution is -0.113. The lowest BCUT2D eigenvalue weighted by Gasteiger charge is -2.17. The van der Waals surface area contributed by atoms with Crippen LogP contribution < -0.4 is 9.64 Å². The molecule has 6 heteroatoms. The molecule has 1 amide bonds. The molecule has 1 aromatic heterocycles. The van der Waals surface area contributed by atoms with E-state index in [1.165, 1.54) is 17.3 Å². The minimum absolute atomic E-state index is 0.131. The van der Waals surface area contributed by atoms with Crippen LogP contribution in [0.25, 0.3) is 17.0 Å². The summed E-state index contributed by atoms with van der Waals surface area (Å²) in [5.41, 5.74) is 5.19. The van der Waals surface area contributed by atoms with Crippen molar-refractivity contribution in [1.29, 1.82) is 0 Å². The summed E-state index contributed by atoms with van der Waals surface area (Å²) in [6.45, 7) is 2.87. The number of thioether (sulfide) groups is 1. The van der Waals surface area contributed by atoms with E-state index in [0.717, 1.165) is 28.7 Å². The van der Waals surface area contributed by atoms with Gasteiger partial charge in [-0.3, -0.25) is 9.69 Å². The van der Waals surface area contributed by atoms with Crippen LogP contribution in [0.4, 0.5) is 5.69 Å². The molecule has 0 saturated carbocycles. The average Bonchev–Trinajstić information content (AvgIpc) is 3.27. The normalized spacial score (nSPS) is 15.1. The number of amides is 1. The molecule has 2 heterocycles. The molecule has 1 aliphatic heterocycles. The molecule has 1 aliphatic rings. The lowest BCUT2D eigenvalue weighted by atomic mass is 10.1. The van der Waals surface area contributed by atoms with Crippen LogP contribution in [-0.2, 0) is 11.3 Å². The van der Waals surface area contributed by atoms with Crippen LogP contribution in [0.1, 0.15) is 16.8 Å². The first-order valence-corrected chi connectivity index (χ1v) is 11.8. The Balaban J connectivity index is 1.58. The van der Waals surface area contributed by atoms with Gasteiger partial charge in [0.25, 0.3) is 5.91 Å². The maximum atomic E-state index is 13.4. The van der Waals surface area contributed by atoms with Crippen molar-refractivity contribution >= 4 is 56.9 Å². The van der Waals surface area contributed by atoms with Gasteiger partial charge in [-0.05, 0) is 36.8 Å². The van der Waals surface area contributed by atoms with Crippen LogP contribution in [0, 0.1) is 6.92 Å². The van der Waals surface area contributed by atoms with Crippen LogP contribution in [0.3, 0.4) is 0 Å². The van der Waals surface area contributed by atoms with Crippen molar-refractivity contribution in [2.75, 3.05) is 12.0 Å². The van der Waals surface area contributed by atoms with Crippen molar-refractivity contribution in [2.45, 2.75) is 13.5 Å². The zero-order valence-corrected chi connectivity index (χ0v) is 20.0. The number of ether oxygens (including phenoxy) is 1. The summed E-state index contributed by atoms with van der Waals surface area (Å²) in [4.78, 5) is 15.6. The molecule has 0 unspecified atom stereocenters. The van der Waals surface area contributed by atoms with Gasteiger partial charge >= 0.3 is 0 Å². The highest BCUT2D eigenvalue weighted by molar-refractivity contribution is 8.27. The van der Waals surface area contributed by atoms with Crippen molar-refractivity contribution in [1.82, 2.24) is 4.57 Å². The standard InChI is InChI=1S/C27H22N2O2S2/c1-18-21(20-12-6-7-13-22(20)28(18)17-19-10-4-3-5-11-19)16-25-26(30)29(27(32)33-25)23-14-8-9-15-24(23)31-2/h3-16H,17H2,1-2H3/b25-16-. The number of carbonyl (C=O) groups excluding carboxylic acids is 1. The van der Waals surface area contributed by atoms with Gasteiger partial charge in [0, 0.05) is 28.7 Å². The van der Waals surface area contributed by atoms with Crippen molar-refractivity contribution < 1.29 is 9.53 Å². The maximum Gasteiger partial charge on any atom is 0.270 e. The third-order valence-corrected chi connectivity index (χ3v) is 7.16. The molecule has 5 rings (SSSR count). The maximum absolute atomic E-state index is 13.4. The highest BCUT2D eigenvalue weighted by Crippen LogP contribution is 2.41. The highest BCUT2D eigenvalue weighted by Gasteiger charge is 2.35. The number of aromatic nitrogens is 1. The van der Waals surface area contributed by atoms with Crippen LogP contribution in [0.5, 0.6) is 5.75 Å². The number of benzene rings is 3. The van der Waals surface area contributed by atoms with E-state index in [4.69, 9.17) is 17.0 Å². The predicted octanol–water partition coefficient (Wildman–Crippen LogP) is 6.41. The number of methoxy groups -OCH3 is 1. The van der Waals surface area contributed by atoms with Crippen molar-refractivity contribution in [3.63, 3.8) is 0 Å². The molecule has 33 heavy (non-hydrogen) atoms. The zero-order chi connectivity index (χ0) is 22.9. The molecule has 4 aromatic rings. The number of rotatable bonds is 5. The van der Waals surface area contributed by atoms with Crippen molar-refractivity contribution in [3.8, 4) is 5.75 Å². The molecule has 0 aliphatic carbocycles. The second-order valence-corrected chi connectivity index (χ2v) is 9.45. The Kier molecular flexibility index (Phi) is 5.79. The number of anilines is 1. The van der Waals surface area contributed by atoms with E-state index in [-0.39, 0.29) is 5.91 Å². The summed E-state index contributed by atoms with van der Waals surface area (Å²) in [7, 11) is 1.59. The molecule has 0 radical (unpaired) electrons. The summed E-state index contributed by atoms with van der Waals surface area (Å²) < 4.78 is 8.26. The van der Waals surface area contributed by atoms with E-state index in [1.807, 2.05) is 48.5 Å². The zero-order valence-electron chi connectivity index (χ0n) is 18.3.